The largest absolute Gasteiger partial charge is 0.416 e. The molecule has 1 unspecified atom stereocenters. The lowest BCUT2D eigenvalue weighted by molar-refractivity contribution is -0.137. The highest BCUT2D eigenvalue weighted by molar-refractivity contribution is 5.27. The summed E-state index contributed by atoms with van der Waals surface area (Å²) in [5, 5.41) is 3.29. The SMILES string of the molecule is CCNC(Cc1nccn1C)c1ccc(C(F)(F)F)cc1. The van der Waals surface area contributed by atoms with E-state index in [1.54, 1.807) is 6.20 Å². The Balaban J connectivity index is 2.20. The predicted molar refractivity (Wildman–Crippen MR) is 74.8 cm³/mol. The number of aromatic nitrogens is 2. The van der Waals surface area contributed by atoms with Gasteiger partial charge in [-0.1, -0.05) is 19.1 Å². The molecule has 0 radical (unpaired) electrons. The normalized spacial score (nSPS) is 13.4. The Morgan fingerprint density at radius 3 is 2.38 bits per heavy atom. The number of alkyl halides is 3. The van der Waals surface area contributed by atoms with Crippen LogP contribution in [0.2, 0.25) is 0 Å². The highest BCUT2D eigenvalue weighted by atomic mass is 19.4. The second kappa shape index (κ2) is 6.30. The zero-order valence-electron chi connectivity index (χ0n) is 12.0. The molecule has 1 aromatic heterocycles. The molecule has 0 spiro atoms. The van der Waals surface area contributed by atoms with Gasteiger partial charge in [0.25, 0.3) is 0 Å². The zero-order valence-corrected chi connectivity index (χ0v) is 12.0. The lowest BCUT2D eigenvalue weighted by Gasteiger charge is -2.19. The molecule has 6 heteroatoms. The van der Waals surface area contributed by atoms with Gasteiger partial charge in [-0.3, -0.25) is 0 Å². The van der Waals surface area contributed by atoms with Crippen molar-refractivity contribution in [3.8, 4) is 0 Å². The van der Waals surface area contributed by atoms with Crippen molar-refractivity contribution in [1.29, 1.82) is 0 Å². The molecule has 0 fully saturated rings. The summed E-state index contributed by atoms with van der Waals surface area (Å²) in [5.74, 6) is 0.890. The fourth-order valence-corrected chi connectivity index (χ4v) is 2.23. The van der Waals surface area contributed by atoms with Gasteiger partial charge < -0.3 is 9.88 Å². The van der Waals surface area contributed by atoms with E-state index >= 15 is 0 Å². The number of aryl methyl sites for hydroxylation is 1. The molecule has 0 aliphatic rings. The van der Waals surface area contributed by atoms with E-state index in [-0.39, 0.29) is 6.04 Å². The molecule has 21 heavy (non-hydrogen) atoms. The van der Waals surface area contributed by atoms with Crippen molar-refractivity contribution >= 4 is 0 Å². The Bertz CT molecular complexity index is 573. The van der Waals surface area contributed by atoms with Crippen molar-refractivity contribution in [3.05, 3.63) is 53.6 Å². The van der Waals surface area contributed by atoms with Crippen LogP contribution in [0.3, 0.4) is 0 Å². The summed E-state index contributed by atoms with van der Waals surface area (Å²) in [5.41, 5.74) is 0.200. The van der Waals surface area contributed by atoms with E-state index in [1.807, 2.05) is 24.7 Å². The molecular weight excluding hydrogens is 279 g/mol. The second-order valence-corrected chi connectivity index (χ2v) is 4.89. The molecule has 0 saturated heterocycles. The minimum absolute atomic E-state index is 0.0571. The maximum atomic E-state index is 12.6. The van der Waals surface area contributed by atoms with E-state index in [0.717, 1.165) is 30.1 Å². The molecule has 114 valence electrons. The lowest BCUT2D eigenvalue weighted by Crippen LogP contribution is -2.24. The van der Waals surface area contributed by atoms with Gasteiger partial charge in [0, 0.05) is 31.9 Å². The van der Waals surface area contributed by atoms with Crippen molar-refractivity contribution < 1.29 is 13.2 Å². The van der Waals surface area contributed by atoms with Crippen LogP contribution in [0.5, 0.6) is 0 Å². The van der Waals surface area contributed by atoms with E-state index in [1.165, 1.54) is 12.1 Å². The molecule has 1 atom stereocenters. The molecule has 2 aromatic rings. The van der Waals surface area contributed by atoms with Crippen molar-refractivity contribution in [3.63, 3.8) is 0 Å². The van der Waals surface area contributed by atoms with Crippen LogP contribution in [-0.4, -0.2) is 16.1 Å². The third-order valence-electron chi connectivity index (χ3n) is 3.40. The average molecular weight is 297 g/mol. The van der Waals surface area contributed by atoms with Crippen LogP contribution in [0.15, 0.2) is 36.7 Å². The second-order valence-electron chi connectivity index (χ2n) is 4.89. The Morgan fingerprint density at radius 2 is 1.90 bits per heavy atom. The maximum Gasteiger partial charge on any atom is 0.416 e. The first-order valence-corrected chi connectivity index (χ1v) is 6.78. The van der Waals surface area contributed by atoms with Crippen LogP contribution in [0.1, 0.15) is 29.9 Å². The Morgan fingerprint density at radius 1 is 1.24 bits per heavy atom. The number of halogens is 3. The summed E-state index contributed by atoms with van der Waals surface area (Å²) >= 11 is 0. The summed E-state index contributed by atoms with van der Waals surface area (Å²) in [6, 6.07) is 5.24. The average Bonchev–Trinajstić information content (AvgIpc) is 2.83. The minimum Gasteiger partial charge on any atom is -0.338 e. The number of nitrogens with one attached hydrogen (secondary N) is 1. The van der Waals surface area contributed by atoms with Gasteiger partial charge in [-0.2, -0.15) is 13.2 Å². The Hall–Kier alpha value is -1.82. The van der Waals surface area contributed by atoms with Crippen LogP contribution in [0, 0.1) is 0 Å². The minimum atomic E-state index is -4.30. The van der Waals surface area contributed by atoms with Gasteiger partial charge in [0.2, 0.25) is 0 Å². The van der Waals surface area contributed by atoms with E-state index in [4.69, 9.17) is 0 Å². The van der Waals surface area contributed by atoms with E-state index in [0.29, 0.717) is 6.42 Å². The van der Waals surface area contributed by atoms with Gasteiger partial charge in [0.1, 0.15) is 5.82 Å². The van der Waals surface area contributed by atoms with E-state index < -0.39 is 11.7 Å². The highest BCUT2D eigenvalue weighted by Gasteiger charge is 2.30. The van der Waals surface area contributed by atoms with Crippen molar-refractivity contribution in [1.82, 2.24) is 14.9 Å². The molecule has 1 N–H and O–H groups in total. The number of hydrogen-bond acceptors (Lipinski definition) is 2. The summed E-state index contributed by atoms with van der Waals surface area (Å²) in [4.78, 5) is 4.26. The first-order valence-electron chi connectivity index (χ1n) is 6.78. The maximum absolute atomic E-state index is 12.6. The fourth-order valence-electron chi connectivity index (χ4n) is 2.23. The summed E-state index contributed by atoms with van der Waals surface area (Å²) < 4.78 is 39.7. The third kappa shape index (κ3) is 3.85. The molecule has 1 heterocycles. The molecule has 0 bridgehead atoms. The van der Waals surface area contributed by atoms with Gasteiger partial charge in [-0.15, -0.1) is 0 Å². The quantitative estimate of drug-likeness (QED) is 0.917. The number of imidazole rings is 1. The smallest absolute Gasteiger partial charge is 0.338 e. The number of rotatable bonds is 5. The predicted octanol–water partition coefficient (Wildman–Crippen LogP) is 3.33. The topological polar surface area (TPSA) is 29.9 Å². The van der Waals surface area contributed by atoms with Gasteiger partial charge in [-0.05, 0) is 24.2 Å². The molecule has 1 aromatic carbocycles. The van der Waals surface area contributed by atoms with Crippen LogP contribution in [0.25, 0.3) is 0 Å². The third-order valence-corrected chi connectivity index (χ3v) is 3.40. The number of hydrogen-bond donors (Lipinski definition) is 1. The van der Waals surface area contributed by atoms with Gasteiger partial charge in [0.15, 0.2) is 0 Å². The first-order chi connectivity index (χ1) is 9.91. The van der Waals surface area contributed by atoms with E-state index in [2.05, 4.69) is 10.3 Å². The zero-order chi connectivity index (χ0) is 15.5. The molecule has 2 rings (SSSR count). The summed E-state index contributed by atoms with van der Waals surface area (Å²) in [7, 11) is 1.90. The van der Waals surface area contributed by atoms with Crippen LogP contribution < -0.4 is 5.32 Å². The number of nitrogens with zero attached hydrogens (tertiary/aromatic N) is 2. The van der Waals surface area contributed by atoms with Gasteiger partial charge in [0.05, 0.1) is 5.56 Å². The Labute approximate surface area is 121 Å². The van der Waals surface area contributed by atoms with Crippen molar-refractivity contribution in [2.24, 2.45) is 7.05 Å². The van der Waals surface area contributed by atoms with Crippen LogP contribution in [-0.2, 0) is 19.6 Å². The fraction of sp³-hybridized carbons (Fsp3) is 0.400. The van der Waals surface area contributed by atoms with Crippen molar-refractivity contribution in [2.45, 2.75) is 25.6 Å². The Kier molecular flexibility index (Phi) is 4.67. The molecular formula is C15H18F3N3. The molecule has 3 nitrogen and oxygen atoms in total. The molecule has 0 aliphatic heterocycles. The lowest BCUT2D eigenvalue weighted by atomic mass is 10.0. The molecule has 0 saturated carbocycles. The van der Waals surface area contributed by atoms with Crippen molar-refractivity contribution in [2.75, 3.05) is 6.54 Å². The van der Waals surface area contributed by atoms with Gasteiger partial charge in [-0.25, -0.2) is 4.98 Å². The first kappa shape index (κ1) is 15.6. The van der Waals surface area contributed by atoms with Gasteiger partial charge >= 0.3 is 6.18 Å². The highest BCUT2D eigenvalue weighted by Crippen LogP contribution is 2.30. The summed E-state index contributed by atoms with van der Waals surface area (Å²) in [6.07, 6.45) is -0.106. The van der Waals surface area contributed by atoms with Crippen LogP contribution >= 0.6 is 0 Å². The van der Waals surface area contributed by atoms with E-state index in [9.17, 15) is 13.2 Å². The monoisotopic (exact) mass is 297 g/mol. The standard InChI is InChI=1S/C15H18F3N3/c1-3-19-13(10-14-20-8-9-21(14)2)11-4-6-12(7-5-11)15(16,17)18/h4-9,13,19H,3,10H2,1-2H3. The summed E-state index contributed by atoms with van der Waals surface area (Å²) in [6.45, 7) is 2.70. The number of benzene rings is 1. The van der Waals surface area contributed by atoms with Crippen LogP contribution in [0.4, 0.5) is 13.2 Å². The number of likely N-dealkylation sites (N-methyl/N-ethyl adjacent to an activating group) is 1. The molecule has 0 aliphatic carbocycles. The molecule has 0 amide bonds.